The average molecular weight is 412 g/mol. The molecule has 0 heterocycles. The van der Waals surface area contributed by atoms with E-state index in [1.165, 1.54) is 11.1 Å². The second kappa shape index (κ2) is 10.0. The Morgan fingerprint density at radius 2 is 1.43 bits per heavy atom. The van der Waals surface area contributed by atoms with E-state index in [0.717, 1.165) is 41.4 Å². The fourth-order valence-corrected chi connectivity index (χ4v) is 3.45. The molecule has 5 nitrogen and oxygen atoms in total. The normalized spacial score (nSPS) is 11.9. The smallest absolute Gasteiger partial charge is 0.254 e. The van der Waals surface area contributed by atoms with Gasteiger partial charge in [0.05, 0.1) is 53.4 Å². The Bertz CT molecular complexity index is 857. The monoisotopic (exact) mass is 411 g/mol. The third-order valence-corrected chi connectivity index (χ3v) is 5.81. The van der Waals surface area contributed by atoms with E-state index in [1.54, 1.807) is 36.2 Å². The van der Waals surface area contributed by atoms with E-state index in [1.807, 2.05) is 0 Å². The van der Waals surface area contributed by atoms with Crippen LogP contribution in [0, 0.1) is 0 Å². The molecule has 0 saturated heterocycles. The Morgan fingerprint density at radius 1 is 0.900 bits per heavy atom. The Hall–Kier alpha value is -2.50. The van der Waals surface area contributed by atoms with E-state index in [2.05, 4.69) is 59.4 Å². The molecule has 0 bridgehead atoms. The highest BCUT2D eigenvalue weighted by molar-refractivity contribution is 6.01. The van der Waals surface area contributed by atoms with E-state index in [4.69, 9.17) is 0 Å². The van der Waals surface area contributed by atoms with Gasteiger partial charge < -0.3 is 13.9 Å². The fraction of sp³-hybridized carbons (Fsp3) is 0.440. The minimum Gasteiger partial charge on any atom is -0.336 e. The van der Waals surface area contributed by atoms with Crippen LogP contribution in [-0.2, 0) is 13.1 Å². The number of amides is 1. The summed E-state index contributed by atoms with van der Waals surface area (Å²) >= 11 is 0. The van der Waals surface area contributed by atoms with Crippen molar-refractivity contribution < 1.29 is 18.6 Å². The van der Waals surface area contributed by atoms with Crippen molar-refractivity contribution in [2.45, 2.75) is 20.0 Å². The molecule has 1 amide bonds. The van der Waals surface area contributed by atoms with Crippen molar-refractivity contribution in [1.29, 1.82) is 0 Å². The molecule has 2 aromatic carbocycles. The molecule has 0 atom stereocenters. The first kappa shape index (κ1) is 23.8. The van der Waals surface area contributed by atoms with Gasteiger partial charge >= 0.3 is 0 Å². The van der Waals surface area contributed by atoms with Crippen LogP contribution in [0.15, 0.2) is 48.5 Å². The summed E-state index contributed by atoms with van der Waals surface area (Å²) in [5.41, 5.74) is 3.55. The number of aldehydes is 1. The second-order valence-electron chi connectivity index (χ2n) is 9.48. The van der Waals surface area contributed by atoms with Crippen molar-refractivity contribution in [3.05, 3.63) is 70.8 Å². The summed E-state index contributed by atoms with van der Waals surface area (Å²) in [5, 5.41) is 0. The quantitative estimate of drug-likeness (QED) is 0.444. The Balaban J connectivity index is 1.95. The van der Waals surface area contributed by atoms with Gasteiger partial charge in [-0.15, -0.1) is 0 Å². The first-order chi connectivity index (χ1) is 14.1. The molecular weight excluding hydrogens is 374 g/mol. The van der Waals surface area contributed by atoms with E-state index < -0.39 is 0 Å². The Labute approximate surface area is 181 Å². The predicted molar refractivity (Wildman–Crippen MR) is 122 cm³/mol. The van der Waals surface area contributed by atoms with Gasteiger partial charge in [0.25, 0.3) is 5.91 Å². The molecule has 0 aliphatic rings. The Kier molecular flexibility index (Phi) is 7.93. The minimum atomic E-state index is -0.112. The number of carbonyl (C=O) groups is 2. The molecule has 2 rings (SSSR count). The summed E-state index contributed by atoms with van der Waals surface area (Å²) in [7, 11) is 10.7. The molecule has 162 valence electrons. The van der Waals surface area contributed by atoms with Gasteiger partial charge in [-0.05, 0) is 13.0 Å². The van der Waals surface area contributed by atoms with Crippen LogP contribution >= 0.6 is 0 Å². The maximum atomic E-state index is 12.7. The number of hydrogen-bond acceptors (Lipinski definition) is 2. The first-order valence-electron chi connectivity index (χ1n) is 10.6. The van der Waals surface area contributed by atoms with Gasteiger partial charge in [-0.2, -0.15) is 0 Å². The minimum absolute atomic E-state index is 0.112. The van der Waals surface area contributed by atoms with Crippen LogP contribution in [0.2, 0.25) is 0 Å². The zero-order valence-electron chi connectivity index (χ0n) is 19.4. The number of nitrogens with zero attached hydrogens (tertiary/aromatic N) is 3. The molecule has 5 heteroatoms. The lowest BCUT2D eigenvalue weighted by Crippen LogP contribution is -2.45. The molecule has 0 spiro atoms. The molecule has 0 radical (unpaired) electrons. The van der Waals surface area contributed by atoms with Crippen LogP contribution in [0.5, 0.6) is 0 Å². The molecule has 0 N–H and O–H groups in total. The highest BCUT2D eigenvalue weighted by atomic mass is 16.2. The summed E-state index contributed by atoms with van der Waals surface area (Å²) in [6.45, 7) is 6.71. The third-order valence-electron chi connectivity index (χ3n) is 5.81. The van der Waals surface area contributed by atoms with Crippen molar-refractivity contribution in [1.82, 2.24) is 4.90 Å². The van der Waals surface area contributed by atoms with Crippen molar-refractivity contribution in [3.8, 4) is 0 Å². The molecule has 0 unspecified atom stereocenters. The third kappa shape index (κ3) is 6.78. The fourth-order valence-electron chi connectivity index (χ4n) is 3.45. The molecule has 0 aromatic heterocycles. The lowest BCUT2D eigenvalue weighted by molar-refractivity contribution is -0.903. The summed E-state index contributed by atoms with van der Waals surface area (Å²) in [6, 6.07) is 15.9. The lowest BCUT2D eigenvalue weighted by atomic mass is 10.1. The number of likely N-dealkylation sites (N-methyl/N-ethyl adjacent to an activating group) is 2. The predicted octanol–water partition coefficient (Wildman–Crippen LogP) is 3.44. The van der Waals surface area contributed by atoms with Crippen LogP contribution in [0.3, 0.4) is 0 Å². The number of hydrogen-bond donors (Lipinski definition) is 0. The van der Waals surface area contributed by atoms with Crippen molar-refractivity contribution in [2.75, 3.05) is 54.9 Å². The molecule has 0 fully saturated rings. The molecule has 0 aliphatic carbocycles. The number of benzene rings is 2. The van der Waals surface area contributed by atoms with Gasteiger partial charge in [0.2, 0.25) is 0 Å². The van der Waals surface area contributed by atoms with Gasteiger partial charge in [0.1, 0.15) is 13.1 Å². The van der Waals surface area contributed by atoms with Crippen LogP contribution in [0.4, 0.5) is 0 Å². The SMILES string of the molecule is CC[N+](C)(C)Cc1ccc(C[N+](C)(C)CCN(C)C(=O)c2ccccc2C=O)cc1. The summed E-state index contributed by atoms with van der Waals surface area (Å²) < 4.78 is 1.76. The highest BCUT2D eigenvalue weighted by Gasteiger charge is 2.21. The number of carbonyl (C=O) groups excluding carboxylic acids is 2. The summed E-state index contributed by atoms with van der Waals surface area (Å²) in [6.07, 6.45) is 0.741. The van der Waals surface area contributed by atoms with Crippen molar-refractivity contribution in [2.24, 2.45) is 0 Å². The zero-order valence-corrected chi connectivity index (χ0v) is 19.4. The van der Waals surface area contributed by atoms with Crippen molar-refractivity contribution >= 4 is 12.2 Å². The van der Waals surface area contributed by atoms with Crippen molar-refractivity contribution in [3.63, 3.8) is 0 Å². The molecule has 2 aromatic rings. The zero-order chi connectivity index (χ0) is 22.4. The highest BCUT2D eigenvalue weighted by Crippen LogP contribution is 2.15. The Morgan fingerprint density at radius 3 is 1.97 bits per heavy atom. The first-order valence-corrected chi connectivity index (χ1v) is 10.6. The maximum Gasteiger partial charge on any atom is 0.254 e. The van der Waals surface area contributed by atoms with E-state index in [-0.39, 0.29) is 5.91 Å². The van der Waals surface area contributed by atoms with Crippen LogP contribution in [0.1, 0.15) is 38.8 Å². The van der Waals surface area contributed by atoms with Crippen LogP contribution in [-0.4, -0.2) is 80.9 Å². The molecule has 0 saturated carbocycles. The average Bonchev–Trinajstić information content (AvgIpc) is 2.72. The molecule has 0 aliphatic heterocycles. The lowest BCUT2D eigenvalue weighted by Gasteiger charge is -2.32. The van der Waals surface area contributed by atoms with Crippen LogP contribution in [0.25, 0.3) is 0 Å². The van der Waals surface area contributed by atoms with Gasteiger partial charge in [0.15, 0.2) is 6.29 Å². The van der Waals surface area contributed by atoms with Gasteiger partial charge in [-0.1, -0.05) is 42.5 Å². The van der Waals surface area contributed by atoms with E-state index in [9.17, 15) is 9.59 Å². The molecular formula is C25H37N3O2+2. The van der Waals surface area contributed by atoms with Gasteiger partial charge in [-0.3, -0.25) is 9.59 Å². The van der Waals surface area contributed by atoms with E-state index >= 15 is 0 Å². The maximum absolute atomic E-state index is 12.7. The largest absolute Gasteiger partial charge is 0.336 e. The number of quaternary nitrogens is 2. The second-order valence-corrected chi connectivity index (χ2v) is 9.48. The standard InChI is InChI=1S/C25H37N3O2/c1-7-27(3,4)18-21-12-14-22(15-13-21)19-28(5,6)17-16-26(2)25(30)24-11-9-8-10-23(24)20-29/h8-15,20H,7,16-19H2,1-6H3/q+2. The van der Waals surface area contributed by atoms with Crippen LogP contribution < -0.4 is 0 Å². The number of rotatable bonds is 10. The molecule has 30 heavy (non-hydrogen) atoms. The van der Waals surface area contributed by atoms with Gasteiger partial charge in [-0.25, -0.2) is 0 Å². The summed E-state index contributed by atoms with van der Waals surface area (Å²) in [4.78, 5) is 25.7. The topological polar surface area (TPSA) is 37.4 Å². The summed E-state index contributed by atoms with van der Waals surface area (Å²) in [5.74, 6) is -0.112. The van der Waals surface area contributed by atoms with E-state index in [0.29, 0.717) is 17.7 Å². The van der Waals surface area contributed by atoms with Gasteiger partial charge in [0, 0.05) is 23.7 Å².